The predicted octanol–water partition coefficient (Wildman–Crippen LogP) is 2.48. The van der Waals surface area contributed by atoms with Crippen molar-refractivity contribution in [3.05, 3.63) is 53.9 Å². The molecule has 0 N–H and O–H groups in total. The van der Waals surface area contributed by atoms with E-state index in [9.17, 15) is 13.6 Å². The van der Waals surface area contributed by atoms with Gasteiger partial charge in [-0.15, -0.1) is 0 Å². The maximum atomic E-state index is 13.4. The molecule has 0 aliphatic carbocycles. The van der Waals surface area contributed by atoms with E-state index in [4.69, 9.17) is 0 Å². The number of fused-ring (bicyclic) bond motifs is 1. The van der Waals surface area contributed by atoms with E-state index in [1.807, 2.05) is 0 Å². The first-order valence-corrected chi connectivity index (χ1v) is 8.32. The molecule has 9 heteroatoms. The van der Waals surface area contributed by atoms with Crippen molar-refractivity contribution < 1.29 is 13.6 Å². The minimum atomic E-state index is -2.68. The lowest BCUT2D eigenvalue weighted by molar-refractivity contribution is 0.0699. The topological polar surface area (TPSA) is 76.3 Å². The van der Waals surface area contributed by atoms with Crippen molar-refractivity contribution in [3.63, 3.8) is 0 Å². The minimum Gasteiger partial charge on any atom is -0.337 e. The van der Waals surface area contributed by atoms with Crippen LogP contribution in [0, 0.1) is 0 Å². The van der Waals surface area contributed by atoms with Crippen LogP contribution in [0.4, 0.5) is 8.78 Å². The summed E-state index contributed by atoms with van der Waals surface area (Å²) >= 11 is 0. The van der Waals surface area contributed by atoms with E-state index in [1.54, 1.807) is 29.3 Å². The highest BCUT2D eigenvalue weighted by Crippen LogP contribution is 2.29. The summed E-state index contributed by atoms with van der Waals surface area (Å²) in [5.41, 5.74) is 0.650. The van der Waals surface area contributed by atoms with Gasteiger partial charge >= 0.3 is 0 Å². The zero-order chi connectivity index (χ0) is 18.1. The maximum Gasteiger partial charge on any atom is 0.280 e. The van der Waals surface area contributed by atoms with E-state index in [0.717, 1.165) is 17.4 Å². The number of aromatic nitrogens is 5. The van der Waals surface area contributed by atoms with Gasteiger partial charge in [0.05, 0.1) is 5.69 Å². The van der Waals surface area contributed by atoms with Crippen LogP contribution in [0.3, 0.4) is 0 Å². The smallest absolute Gasteiger partial charge is 0.280 e. The molecule has 134 valence electrons. The van der Waals surface area contributed by atoms with Gasteiger partial charge in [-0.3, -0.25) is 9.78 Å². The van der Waals surface area contributed by atoms with Crippen LogP contribution in [0.1, 0.15) is 47.1 Å². The molecule has 0 unspecified atom stereocenters. The fourth-order valence-corrected chi connectivity index (χ4v) is 3.27. The molecule has 1 aliphatic rings. The van der Waals surface area contributed by atoms with Crippen LogP contribution in [-0.2, 0) is 0 Å². The first-order chi connectivity index (χ1) is 12.6. The average molecular weight is 358 g/mol. The number of rotatable bonds is 3. The van der Waals surface area contributed by atoms with Crippen molar-refractivity contribution in [1.82, 2.24) is 29.5 Å². The molecular weight excluding hydrogens is 342 g/mol. The molecule has 1 atom stereocenters. The number of piperidine rings is 1. The summed E-state index contributed by atoms with van der Waals surface area (Å²) in [5, 5.41) is 3.80. The van der Waals surface area contributed by atoms with Crippen LogP contribution in [-0.4, -0.2) is 48.5 Å². The summed E-state index contributed by atoms with van der Waals surface area (Å²) in [5.74, 6) is -0.144. The Morgan fingerprint density at radius 3 is 2.92 bits per heavy atom. The minimum absolute atomic E-state index is 0.129. The lowest BCUT2D eigenvalue weighted by Gasteiger charge is -2.32. The average Bonchev–Trinajstić information content (AvgIpc) is 3.16. The van der Waals surface area contributed by atoms with E-state index >= 15 is 0 Å². The van der Waals surface area contributed by atoms with Gasteiger partial charge in [-0.2, -0.15) is 14.6 Å². The molecule has 4 rings (SSSR count). The third kappa shape index (κ3) is 3.00. The second-order valence-electron chi connectivity index (χ2n) is 6.18. The van der Waals surface area contributed by atoms with Gasteiger partial charge in [0, 0.05) is 25.2 Å². The molecule has 0 radical (unpaired) electrons. The van der Waals surface area contributed by atoms with E-state index in [-0.39, 0.29) is 23.3 Å². The number of halogens is 2. The van der Waals surface area contributed by atoms with Gasteiger partial charge < -0.3 is 4.90 Å². The Morgan fingerprint density at radius 1 is 1.27 bits per heavy atom. The van der Waals surface area contributed by atoms with Gasteiger partial charge in [-0.25, -0.2) is 13.8 Å². The lowest BCUT2D eigenvalue weighted by Crippen LogP contribution is -2.39. The Hall–Kier alpha value is -2.97. The Bertz CT molecular complexity index is 929. The molecule has 0 aromatic carbocycles. The van der Waals surface area contributed by atoms with Crippen LogP contribution >= 0.6 is 0 Å². The van der Waals surface area contributed by atoms with Crippen LogP contribution in [0.25, 0.3) is 5.78 Å². The van der Waals surface area contributed by atoms with Crippen molar-refractivity contribution in [2.75, 3.05) is 13.1 Å². The second kappa shape index (κ2) is 6.74. The number of alkyl halides is 2. The SMILES string of the molecule is O=C(c1ccccn1)N1CCC[C@@H](c2cc(C(F)F)n3ncnc3n2)C1. The third-order valence-electron chi connectivity index (χ3n) is 4.53. The Morgan fingerprint density at radius 2 is 2.15 bits per heavy atom. The number of likely N-dealkylation sites (tertiary alicyclic amines) is 1. The summed E-state index contributed by atoms with van der Waals surface area (Å²) < 4.78 is 27.8. The van der Waals surface area contributed by atoms with Crippen molar-refractivity contribution in [2.24, 2.45) is 0 Å². The predicted molar refractivity (Wildman–Crippen MR) is 87.9 cm³/mol. The lowest BCUT2D eigenvalue weighted by atomic mass is 9.94. The molecule has 1 amide bonds. The van der Waals surface area contributed by atoms with Gasteiger partial charge in [-0.1, -0.05) is 6.07 Å². The van der Waals surface area contributed by atoms with E-state index in [0.29, 0.717) is 24.5 Å². The zero-order valence-corrected chi connectivity index (χ0v) is 13.8. The summed E-state index contributed by atoms with van der Waals surface area (Å²) in [7, 11) is 0. The van der Waals surface area contributed by atoms with Gasteiger partial charge in [0.25, 0.3) is 18.1 Å². The Balaban J connectivity index is 1.62. The van der Waals surface area contributed by atoms with Gasteiger partial charge in [0.1, 0.15) is 17.7 Å². The van der Waals surface area contributed by atoms with Crippen molar-refractivity contribution in [2.45, 2.75) is 25.2 Å². The zero-order valence-electron chi connectivity index (χ0n) is 13.8. The maximum absolute atomic E-state index is 13.4. The van der Waals surface area contributed by atoms with Crippen LogP contribution in [0.5, 0.6) is 0 Å². The highest BCUT2D eigenvalue weighted by atomic mass is 19.3. The molecule has 1 aliphatic heterocycles. The molecule has 0 bridgehead atoms. The quantitative estimate of drug-likeness (QED) is 0.719. The van der Waals surface area contributed by atoms with Crippen molar-refractivity contribution in [1.29, 1.82) is 0 Å². The van der Waals surface area contributed by atoms with E-state index in [2.05, 4.69) is 20.1 Å². The highest BCUT2D eigenvalue weighted by molar-refractivity contribution is 5.92. The summed E-state index contributed by atoms with van der Waals surface area (Å²) in [6, 6.07) is 6.55. The molecule has 1 saturated heterocycles. The normalized spacial score (nSPS) is 17.8. The number of amides is 1. The van der Waals surface area contributed by atoms with Crippen molar-refractivity contribution >= 4 is 11.7 Å². The number of pyridine rings is 1. The molecule has 26 heavy (non-hydrogen) atoms. The number of carbonyl (C=O) groups is 1. The molecular formula is C17H16F2N6O. The number of nitrogens with zero attached hydrogens (tertiary/aromatic N) is 6. The Labute approximate surface area is 147 Å². The van der Waals surface area contributed by atoms with Crippen LogP contribution < -0.4 is 0 Å². The number of carbonyl (C=O) groups excluding carboxylic acids is 1. The number of hydrogen-bond donors (Lipinski definition) is 0. The van der Waals surface area contributed by atoms with Gasteiger partial charge in [0.2, 0.25) is 0 Å². The first kappa shape index (κ1) is 16.5. The Kier molecular flexibility index (Phi) is 4.27. The molecule has 7 nitrogen and oxygen atoms in total. The van der Waals surface area contributed by atoms with E-state index in [1.165, 1.54) is 12.4 Å². The highest BCUT2D eigenvalue weighted by Gasteiger charge is 2.28. The third-order valence-corrected chi connectivity index (χ3v) is 4.53. The number of hydrogen-bond acceptors (Lipinski definition) is 5. The van der Waals surface area contributed by atoms with Crippen LogP contribution in [0.2, 0.25) is 0 Å². The molecule has 3 aromatic rings. The summed E-state index contributed by atoms with van der Waals surface area (Å²) in [6.45, 7) is 1.02. The molecule has 0 saturated carbocycles. The van der Waals surface area contributed by atoms with Gasteiger partial charge in [0.15, 0.2) is 0 Å². The molecule has 1 fully saturated rings. The van der Waals surface area contributed by atoms with E-state index < -0.39 is 6.43 Å². The molecule has 4 heterocycles. The monoisotopic (exact) mass is 358 g/mol. The second-order valence-corrected chi connectivity index (χ2v) is 6.18. The summed E-state index contributed by atoms with van der Waals surface area (Å²) in [6.07, 6.45) is 1.63. The van der Waals surface area contributed by atoms with Crippen molar-refractivity contribution in [3.8, 4) is 0 Å². The van der Waals surface area contributed by atoms with Crippen LogP contribution in [0.15, 0.2) is 36.8 Å². The standard InChI is InChI=1S/C17H16F2N6O/c18-15(19)14-8-13(23-17-21-10-22-25(14)17)11-4-3-7-24(9-11)16(26)12-5-1-2-6-20-12/h1-2,5-6,8,10-11,15H,3-4,7,9H2/t11-/m1/s1. The molecule has 3 aromatic heterocycles. The first-order valence-electron chi connectivity index (χ1n) is 8.32. The largest absolute Gasteiger partial charge is 0.337 e. The summed E-state index contributed by atoms with van der Waals surface area (Å²) in [4.78, 5) is 26.7. The van der Waals surface area contributed by atoms with Gasteiger partial charge in [-0.05, 0) is 31.0 Å². The fraction of sp³-hybridized carbons (Fsp3) is 0.353. The molecule has 0 spiro atoms. The fourth-order valence-electron chi connectivity index (χ4n) is 3.27.